The van der Waals surface area contributed by atoms with Gasteiger partial charge in [0, 0.05) is 10.5 Å². The van der Waals surface area contributed by atoms with Crippen LogP contribution in [0.2, 0.25) is 0 Å². The third-order valence-corrected chi connectivity index (χ3v) is 5.24. The summed E-state index contributed by atoms with van der Waals surface area (Å²) in [6.45, 7) is 5.28. The van der Waals surface area contributed by atoms with Gasteiger partial charge in [-0.15, -0.1) is 10.2 Å². The minimum absolute atomic E-state index is 0.554. The summed E-state index contributed by atoms with van der Waals surface area (Å²) in [6.07, 6.45) is 2.53. The predicted octanol–water partition coefficient (Wildman–Crippen LogP) is 4.02. The first-order valence-corrected chi connectivity index (χ1v) is 8.25. The minimum atomic E-state index is 0.554. The van der Waals surface area contributed by atoms with Crippen molar-refractivity contribution in [3.8, 4) is 11.5 Å². The average Bonchev–Trinajstić information content (AvgIpc) is 3.06. The molecule has 1 N–H and O–H groups in total. The van der Waals surface area contributed by atoms with Crippen LogP contribution in [0.4, 0.5) is 0 Å². The van der Waals surface area contributed by atoms with Crippen LogP contribution in [-0.4, -0.2) is 16.2 Å². The van der Waals surface area contributed by atoms with Gasteiger partial charge in [-0.25, -0.2) is 0 Å². The van der Waals surface area contributed by atoms with Crippen LogP contribution in [0.3, 0.4) is 0 Å². The number of rotatable bonds is 4. The van der Waals surface area contributed by atoms with Crippen LogP contribution < -0.4 is 5.32 Å². The molecule has 1 aromatic carbocycles. The van der Waals surface area contributed by atoms with Gasteiger partial charge in [0.05, 0.1) is 12.1 Å². The molecule has 1 aromatic heterocycles. The van der Waals surface area contributed by atoms with Gasteiger partial charge in [-0.2, -0.15) is 0 Å². The van der Waals surface area contributed by atoms with Crippen molar-refractivity contribution < 1.29 is 4.42 Å². The molecule has 0 aliphatic heterocycles. The number of halogens is 1. The smallest absolute Gasteiger partial charge is 0.248 e. The van der Waals surface area contributed by atoms with E-state index in [9.17, 15) is 0 Å². The molecule has 0 radical (unpaired) electrons. The molecule has 112 valence electrons. The zero-order chi connectivity index (χ0) is 14.8. The van der Waals surface area contributed by atoms with Crippen molar-refractivity contribution in [2.45, 2.75) is 39.3 Å². The highest BCUT2D eigenvalue weighted by molar-refractivity contribution is 9.10. The van der Waals surface area contributed by atoms with Gasteiger partial charge >= 0.3 is 0 Å². The lowest BCUT2D eigenvalue weighted by atomic mass is 9.98. The Labute approximate surface area is 133 Å². The van der Waals surface area contributed by atoms with E-state index < -0.39 is 0 Å². The number of aromatic nitrogens is 2. The Bertz CT molecular complexity index is 613. The van der Waals surface area contributed by atoms with Crippen molar-refractivity contribution in [1.82, 2.24) is 15.5 Å². The molecule has 3 atom stereocenters. The fraction of sp³-hybridized carbons (Fsp3) is 0.500. The predicted molar refractivity (Wildman–Crippen MR) is 85.6 cm³/mol. The molecule has 0 saturated heterocycles. The summed E-state index contributed by atoms with van der Waals surface area (Å²) in [6, 6.07) is 8.42. The van der Waals surface area contributed by atoms with Gasteiger partial charge in [0.15, 0.2) is 0 Å². The van der Waals surface area contributed by atoms with Crippen molar-refractivity contribution in [2.24, 2.45) is 11.8 Å². The van der Waals surface area contributed by atoms with E-state index in [-0.39, 0.29) is 0 Å². The minimum Gasteiger partial charge on any atom is -0.419 e. The fourth-order valence-corrected chi connectivity index (χ4v) is 3.39. The lowest BCUT2D eigenvalue weighted by Gasteiger charge is -2.18. The molecule has 0 bridgehead atoms. The summed E-state index contributed by atoms with van der Waals surface area (Å²) < 4.78 is 6.72. The Morgan fingerprint density at radius 3 is 2.76 bits per heavy atom. The maximum Gasteiger partial charge on any atom is 0.248 e. The van der Waals surface area contributed by atoms with Crippen LogP contribution >= 0.6 is 15.9 Å². The second-order valence-corrected chi connectivity index (χ2v) is 6.74. The molecule has 1 aliphatic rings. The zero-order valence-electron chi connectivity index (χ0n) is 12.3. The molecule has 3 rings (SSSR count). The van der Waals surface area contributed by atoms with Gasteiger partial charge in [0.2, 0.25) is 11.8 Å². The van der Waals surface area contributed by atoms with Gasteiger partial charge in [-0.05, 0) is 52.7 Å². The van der Waals surface area contributed by atoms with E-state index in [2.05, 4.69) is 45.3 Å². The highest BCUT2D eigenvalue weighted by Gasteiger charge is 2.29. The maximum atomic E-state index is 5.76. The van der Waals surface area contributed by atoms with Crippen molar-refractivity contribution in [3.63, 3.8) is 0 Å². The first-order valence-electron chi connectivity index (χ1n) is 7.46. The third kappa shape index (κ3) is 3.19. The summed E-state index contributed by atoms with van der Waals surface area (Å²) in [7, 11) is 0. The summed E-state index contributed by atoms with van der Waals surface area (Å²) in [4.78, 5) is 0. The standard InChI is InChI=1S/C16H20BrN3O/c1-10-7-8-14(11(10)2)18-9-15-19-20-16(21-15)12-5-3-4-6-13(12)17/h3-6,10-11,14,18H,7-9H2,1-2H3. The average molecular weight is 350 g/mol. The molecular weight excluding hydrogens is 330 g/mol. The number of nitrogens with zero attached hydrogens (tertiary/aromatic N) is 2. The monoisotopic (exact) mass is 349 g/mol. The first kappa shape index (κ1) is 14.7. The Hall–Kier alpha value is -1.20. The van der Waals surface area contributed by atoms with Crippen LogP contribution in [0, 0.1) is 11.8 Å². The Morgan fingerprint density at radius 2 is 2.05 bits per heavy atom. The van der Waals surface area contributed by atoms with Gasteiger partial charge < -0.3 is 9.73 Å². The van der Waals surface area contributed by atoms with E-state index in [0.717, 1.165) is 16.0 Å². The molecule has 5 heteroatoms. The van der Waals surface area contributed by atoms with E-state index in [0.29, 0.717) is 30.3 Å². The fourth-order valence-electron chi connectivity index (χ4n) is 2.94. The third-order valence-electron chi connectivity index (χ3n) is 4.55. The lowest BCUT2D eigenvalue weighted by molar-refractivity contribution is 0.353. The molecule has 1 aliphatic carbocycles. The highest BCUT2D eigenvalue weighted by Crippen LogP contribution is 2.31. The zero-order valence-corrected chi connectivity index (χ0v) is 13.9. The summed E-state index contributed by atoms with van der Waals surface area (Å²) in [5.41, 5.74) is 0.930. The van der Waals surface area contributed by atoms with Crippen LogP contribution in [-0.2, 0) is 6.54 Å². The van der Waals surface area contributed by atoms with Gasteiger partial charge in [0.25, 0.3) is 0 Å². The molecule has 1 fully saturated rings. The largest absolute Gasteiger partial charge is 0.419 e. The summed E-state index contributed by atoms with van der Waals surface area (Å²) >= 11 is 3.51. The van der Waals surface area contributed by atoms with Crippen LogP contribution in [0.25, 0.3) is 11.5 Å². The van der Waals surface area contributed by atoms with Crippen LogP contribution in [0.1, 0.15) is 32.6 Å². The number of hydrogen-bond acceptors (Lipinski definition) is 4. The van der Waals surface area contributed by atoms with Crippen LogP contribution in [0.15, 0.2) is 33.2 Å². The molecule has 4 nitrogen and oxygen atoms in total. The van der Waals surface area contributed by atoms with E-state index in [4.69, 9.17) is 4.42 Å². The Kier molecular flexibility index (Phi) is 4.40. The van der Waals surface area contributed by atoms with E-state index in [1.165, 1.54) is 12.8 Å². The first-order chi connectivity index (χ1) is 10.1. The summed E-state index contributed by atoms with van der Waals surface area (Å²) in [5, 5.41) is 11.8. The second kappa shape index (κ2) is 6.28. The quantitative estimate of drug-likeness (QED) is 0.905. The molecule has 3 unspecified atom stereocenters. The summed E-state index contributed by atoms with van der Waals surface area (Å²) in [5.74, 6) is 2.70. The molecule has 21 heavy (non-hydrogen) atoms. The van der Waals surface area contributed by atoms with Gasteiger partial charge in [-0.1, -0.05) is 26.0 Å². The van der Waals surface area contributed by atoms with Crippen molar-refractivity contribution in [3.05, 3.63) is 34.6 Å². The molecule has 0 amide bonds. The van der Waals surface area contributed by atoms with Gasteiger partial charge in [-0.3, -0.25) is 0 Å². The van der Waals surface area contributed by atoms with Crippen molar-refractivity contribution in [1.29, 1.82) is 0 Å². The number of benzene rings is 1. The molecule has 1 saturated carbocycles. The SMILES string of the molecule is CC1CCC(NCc2nnc(-c3ccccc3Br)o2)C1C. The molecule has 1 heterocycles. The Morgan fingerprint density at radius 1 is 1.24 bits per heavy atom. The second-order valence-electron chi connectivity index (χ2n) is 5.88. The molecule has 0 spiro atoms. The molecular formula is C16H20BrN3O. The number of nitrogens with one attached hydrogen (secondary N) is 1. The van der Waals surface area contributed by atoms with E-state index >= 15 is 0 Å². The van der Waals surface area contributed by atoms with E-state index in [1.807, 2.05) is 24.3 Å². The molecule has 2 aromatic rings. The highest BCUT2D eigenvalue weighted by atomic mass is 79.9. The van der Waals surface area contributed by atoms with Crippen molar-refractivity contribution >= 4 is 15.9 Å². The van der Waals surface area contributed by atoms with E-state index in [1.54, 1.807) is 0 Å². The van der Waals surface area contributed by atoms with Crippen LogP contribution in [0.5, 0.6) is 0 Å². The normalized spacial score (nSPS) is 25.4. The Balaban J connectivity index is 1.65. The van der Waals surface area contributed by atoms with Crippen molar-refractivity contribution in [2.75, 3.05) is 0 Å². The maximum absolute atomic E-state index is 5.76. The lowest BCUT2D eigenvalue weighted by Crippen LogP contribution is -2.31. The topological polar surface area (TPSA) is 51.0 Å². The number of hydrogen-bond donors (Lipinski definition) is 1. The van der Waals surface area contributed by atoms with Gasteiger partial charge in [0.1, 0.15) is 0 Å².